The molecule has 1 aromatic heterocycles. The van der Waals surface area contributed by atoms with Crippen molar-refractivity contribution in [1.82, 2.24) is 4.90 Å². The minimum absolute atomic E-state index is 0.0263. The summed E-state index contributed by atoms with van der Waals surface area (Å²) in [5.74, 6) is -1.43. The van der Waals surface area contributed by atoms with Gasteiger partial charge in [-0.25, -0.2) is 0 Å². The van der Waals surface area contributed by atoms with Gasteiger partial charge in [-0.1, -0.05) is 50.6 Å². The quantitative estimate of drug-likeness (QED) is 0.277. The van der Waals surface area contributed by atoms with Crippen LogP contribution < -0.4 is 0 Å². The molecule has 2 aromatic carbocycles. The molecule has 1 unspecified atom stereocenters. The highest BCUT2D eigenvalue weighted by molar-refractivity contribution is 6.46. The molecular weight excluding hydrogens is 454 g/mol. The summed E-state index contributed by atoms with van der Waals surface area (Å²) < 4.78 is 5.41. The van der Waals surface area contributed by atoms with Gasteiger partial charge in [0.15, 0.2) is 0 Å². The minimum atomic E-state index is -0.916. The zero-order valence-corrected chi connectivity index (χ0v) is 20.2. The zero-order valence-electron chi connectivity index (χ0n) is 19.4. The first-order valence-electron chi connectivity index (χ1n) is 10.9. The van der Waals surface area contributed by atoms with Crippen molar-refractivity contribution >= 4 is 29.1 Å². The molecule has 0 spiro atoms. The van der Waals surface area contributed by atoms with Gasteiger partial charge >= 0.3 is 0 Å². The molecule has 3 aromatic rings. The number of aliphatic hydroxyl groups is 1. The number of ketones is 1. The van der Waals surface area contributed by atoms with E-state index in [2.05, 4.69) is 20.8 Å². The van der Waals surface area contributed by atoms with Gasteiger partial charge in [0.05, 0.1) is 29.4 Å². The van der Waals surface area contributed by atoms with Crippen LogP contribution in [-0.4, -0.2) is 26.8 Å². The molecule has 1 aliphatic rings. The highest BCUT2D eigenvalue weighted by atomic mass is 35.5. The third-order valence-corrected chi connectivity index (χ3v) is 6.40. The lowest BCUT2D eigenvalue weighted by Crippen LogP contribution is -2.29. The first kappa shape index (κ1) is 23.6. The van der Waals surface area contributed by atoms with Gasteiger partial charge in [0.25, 0.3) is 11.7 Å². The van der Waals surface area contributed by atoms with Crippen LogP contribution in [0.15, 0.2) is 64.8 Å². The van der Waals surface area contributed by atoms with Gasteiger partial charge in [-0.15, -0.1) is 0 Å². The summed E-state index contributed by atoms with van der Waals surface area (Å²) in [5, 5.41) is 21.4. The molecular formula is C27H26ClNO5. The highest BCUT2D eigenvalue weighted by Crippen LogP contribution is 2.42. The van der Waals surface area contributed by atoms with Crippen molar-refractivity contribution in [2.75, 3.05) is 0 Å². The van der Waals surface area contributed by atoms with Gasteiger partial charge < -0.3 is 19.5 Å². The average molecular weight is 480 g/mol. The van der Waals surface area contributed by atoms with Crippen molar-refractivity contribution in [2.24, 2.45) is 0 Å². The van der Waals surface area contributed by atoms with E-state index in [4.69, 9.17) is 16.0 Å². The minimum Gasteiger partial charge on any atom is -0.507 e. The van der Waals surface area contributed by atoms with Crippen molar-refractivity contribution in [3.8, 4) is 5.75 Å². The predicted molar refractivity (Wildman–Crippen MR) is 130 cm³/mol. The van der Waals surface area contributed by atoms with Crippen LogP contribution >= 0.6 is 11.6 Å². The summed E-state index contributed by atoms with van der Waals surface area (Å²) in [6.45, 7) is 8.04. The summed E-state index contributed by atoms with van der Waals surface area (Å²) in [7, 11) is 0. The Morgan fingerprint density at radius 2 is 1.85 bits per heavy atom. The average Bonchev–Trinajstić information content (AvgIpc) is 3.37. The first-order valence-corrected chi connectivity index (χ1v) is 11.3. The van der Waals surface area contributed by atoms with Crippen LogP contribution in [0.3, 0.4) is 0 Å². The van der Waals surface area contributed by atoms with E-state index in [-0.39, 0.29) is 34.1 Å². The second kappa shape index (κ2) is 8.69. The maximum Gasteiger partial charge on any atom is 0.296 e. The van der Waals surface area contributed by atoms with Crippen LogP contribution in [0, 0.1) is 6.92 Å². The highest BCUT2D eigenvalue weighted by Gasteiger charge is 2.46. The largest absolute Gasteiger partial charge is 0.507 e. The number of aryl methyl sites for hydroxylation is 1. The zero-order chi connectivity index (χ0) is 24.8. The number of benzene rings is 2. The van der Waals surface area contributed by atoms with Crippen molar-refractivity contribution < 1.29 is 24.2 Å². The maximum absolute atomic E-state index is 13.3. The van der Waals surface area contributed by atoms with Crippen molar-refractivity contribution in [3.05, 3.63) is 93.4 Å². The number of rotatable bonds is 4. The van der Waals surface area contributed by atoms with E-state index in [1.54, 1.807) is 18.2 Å². The number of carbonyl (C=O) groups excluding carboxylic acids is 2. The van der Waals surface area contributed by atoms with E-state index < -0.39 is 17.7 Å². The number of aliphatic hydroxyl groups excluding tert-OH is 1. The SMILES string of the molecule is Cc1ccc(C(C)(C)C)cc1/C(O)=C1\C(=O)C(=O)N(Cc2ccco2)C1c1ccc(O)c(Cl)c1. The number of Topliss-reactive ketones (excluding diaryl/α,β-unsaturated/α-hetero) is 1. The molecule has 2 heterocycles. The Morgan fingerprint density at radius 1 is 1.12 bits per heavy atom. The third kappa shape index (κ3) is 4.21. The molecule has 0 aliphatic carbocycles. The second-order valence-electron chi connectivity index (χ2n) is 9.50. The number of amides is 1. The van der Waals surface area contributed by atoms with Gasteiger partial charge in [-0.05, 0) is 59.4 Å². The fourth-order valence-electron chi connectivity index (χ4n) is 4.14. The number of halogens is 1. The molecule has 1 aliphatic heterocycles. The standard InChI is InChI=1S/C27H26ClNO5/c1-15-7-9-17(27(2,3)4)13-19(15)24(31)22-23(16-8-10-21(30)20(28)12-16)29(26(33)25(22)32)14-18-6-5-11-34-18/h5-13,23,30-31H,14H2,1-4H3/b24-22+. The number of carbonyl (C=O) groups is 2. The number of phenols is 1. The van der Waals surface area contributed by atoms with Crippen LogP contribution in [0.2, 0.25) is 5.02 Å². The summed E-state index contributed by atoms with van der Waals surface area (Å²) in [5.41, 5.74) is 2.50. The van der Waals surface area contributed by atoms with Crippen molar-refractivity contribution in [2.45, 2.75) is 45.7 Å². The first-order chi connectivity index (χ1) is 16.0. The lowest BCUT2D eigenvalue weighted by Gasteiger charge is -2.25. The molecule has 176 valence electrons. The molecule has 0 bridgehead atoms. The van der Waals surface area contributed by atoms with E-state index in [0.717, 1.165) is 11.1 Å². The Labute approximate surface area is 203 Å². The predicted octanol–water partition coefficient (Wildman–Crippen LogP) is 5.87. The number of aromatic hydroxyl groups is 1. The van der Waals surface area contributed by atoms with Gasteiger partial charge in [-0.3, -0.25) is 9.59 Å². The molecule has 1 saturated heterocycles. The summed E-state index contributed by atoms with van der Waals surface area (Å²) in [4.78, 5) is 27.7. The Hall–Kier alpha value is -3.51. The van der Waals surface area contributed by atoms with Gasteiger partial charge in [0, 0.05) is 5.56 Å². The lowest BCUT2D eigenvalue weighted by atomic mass is 9.84. The van der Waals surface area contributed by atoms with E-state index in [1.165, 1.54) is 23.3 Å². The van der Waals surface area contributed by atoms with Gasteiger partial charge in [-0.2, -0.15) is 0 Å². The number of nitrogens with zero attached hydrogens (tertiary/aromatic N) is 1. The van der Waals surface area contributed by atoms with Crippen LogP contribution in [0.4, 0.5) is 0 Å². The van der Waals surface area contributed by atoms with E-state index >= 15 is 0 Å². The number of likely N-dealkylation sites (tertiary alicyclic amines) is 1. The molecule has 4 rings (SSSR count). The van der Waals surface area contributed by atoms with E-state index in [0.29, 0.717) is 16.9 Å². The van der Waals surface area contributed by atoms with Crippen LogP contribution in [0.25, 0.3) is 5.76 Å². The summed E-state index contributed by atoms with van der Waals surface area (Å²) in [6.07, 6.45) is 1.49. The summed E-state index contributed by atoms with van der Waals surface area (Å²) >= 11 is 6.16. The maximum atomic E-state index is 13.3. The lowest BCUT2D eigenvalue weighted by molar-refractivity contribution is -0.140. The van der Waals surface area contributed by atoms with Crippen LogP contribution in [0.1, 0.15) is 54.8 Å². The third-order valence-electron chi connectivity index (χ3n) is 6.09. The second-order valence-corrected chi connectivity index (χ2v) is 9.90. The molecule has 7 heteroatoms. The molecule has 1 fully saturated rings. The number of phenolic OH excluding ortho intramolecular Hbond substituents is 1. The summed E-state index contributed by atoms with van der Waals surface area (Å²) in [6, 6.07) is 12.7. The molecule has 2 N–H and O–H groups in total. The topological polar surface area (TPSA) is 91.0 Å². The van der Waals surface area contributed by atoms with Gasteiger partial charge in [0.1, 0.15) is 17.3 Å². The fraction of sp³-hybridized carbons (Fsp3) is 0.259. The Bertz CT molecular complexity index is 1300. The molecule has 6 nitrogen and oxygen atoms in total. The number of hydrogen-bond acceptors (Lipinski definition) is 5. The van der Waals surface area contributed by atoms with Crippen molar-refractivity contribution in [3.63, 3.8) is 0 Å². The molecule has 0 saturated carbocycles. The molecule has 34 heavy (non-hydrogen) atoms. The molecule has 1 atom stereocenters. The number of hydrogen-bond donors (Lipinski definition) is 2. The molecule has 0 radical (unpaired) electrons. The smallest absolute Gasteiger partial charge is 0.296 e. The monoisotopic (exact) mass is 479 g/mol. The van der Waals surface area contributed by atoms with Gasteiger partial charge in [0.2, 0.25) is 0 Å². The van der Waals surface area contributed by atoms with Crippen molar-refractivity contribution in [1.29, 1.82) is 0 Å². The van der Waals surface area contributed by atoms with E-state index in [9.17, 15) is 19.8 Å². The Balaban J connectivity index is 1.93. The van der Waals surface area contributed by atoms with E-state index in [1.807, 2.05) is 25.1 Å². The number of furan rings is 1. The fourth-order valence-corrected chi connectivity index (χ4v) is 4.33. The Morgan fingerprint density at radius 3 is 2.47 bits per heavy atom. The normalized spacial score (nSPS) is 18.0. The van der Waals surface area contributed by atoms with Crippen LogP contribution in [0.5, 0.6) is 5.75 Å². The molecule has 1 amide bonds. The Kier molecular flexibility index (Phi) is 6.04. The van der Waals surface area contributed by atoms with Crippen LogP contribution in [-0.2, 0) is 21.5 Å².